The maximum Gasteiger partial charge on any atom is 0.313 e. The molecule has 0 saturated carbocycles. The fourth-order valence-corrected chi connectivity index (χ4v) is 5.08. The summed E-state index contributed by atoms with van der Waals surface area (Å²) in [6, 6.07) is 16.2. The van der Waals surface area contributed by atoms with Gasteiger partial charge < -0.3 is 23.5 Å². The molecular formula is C30H24ClN5O8. The van der Waals surface area contributed by atoms with Gasteiger partial charge in [-0.1, -0.05) is 29.8 Å². The number of halogens is 1. The van der Waals surface area contributed by atoms with E-state index >= 15 is 0 Å². The van der Waals surface area contributed by atoms with E-state index < -0.39 is 22.8 Å². The number of hydrogen-bond acceptors (Lipinski definition) is 10. The molecule has 0 atom stereocenters. The number of ether oxygens (including phenoxy) is 3. The minimum atomic E-state index is -0.672. The molecule has 6 rings (SSSR count). The SMILES string of the molecule is COc1cccc2oc(-c3nc4ccccc4c(=O)n3N=Cc3cc(Cl)cc([N+](=O)[O-])c3OCC(=O)N3CCOCC3)cc12. The molecule has 14 heteroatoms. The van der Waals surface area contributed by atoms with Crippen LogP contribution in [0.1, 0.15) is 5.56 Å². The topological polar surface area (TPSA) is 152 Å². The number of rotatable bonds is 8. The molecule has 0 unspecified atom stereocenters. The Morgan fingerprint density at radius 2 is 1.93 bits per heavy atom. The number of fused-ring (bicyclic) bond motifs is 2. The second-order valence-electron chi connectivity index (χ2n) is 9.68. The molecule has 0 bridgehead atoms. The molecule has 1 aliphatic heterocycles. The van der Waals surface area contributed by atoms with Gasteiger partial charge in [-0.3, -0.25) is 19.7 Å². The highest BCUT2D eigenvalue weighted by atomic mass is 35.5. The van der Waals surface area contributed by atoms with Crippen LogP contribution in [0.3, 0.4) is 0 Å². The summed E-state index contributed by atoms with van der Waals surface area (Å²) < 4.78 is 23.5. The first-order valence-corrected chi connectivity index (χ1v) is 13.8. The van der Waals surface area contributed by atoms with Crippen molar-refractivity contribution in [2.45, 2.75) is 0 Å². The largest absolute Gasteiger partial charge is 0.496 e. The van der Waals surface area contributed by atoms with Crippen LogP contribution in [0.5, 0.6) is 11.5 Å². The van der Waals surface area contributed by atoms with Crippen molar-refractivity contribution in [3.8, 4) is 23.1 Å². The first-order valence-electron chi connectivity index (χ1n) is 13.4. The molecule has 0 radical (unpaired) electrons. The molecule has 13 nitrogen and oxygen atoms in total. The summed E-state index contributed by atoms with van der Waals surface area (Å²) in [4.78, 5) is 43.9. The van der Waals surface area contributed by atoms with Crippen molar-refractivity contribution in [1.29, 1.82) is 0 Å². The zero-order valence-corrected chi connectivity index (χ0v) is 24.0. The van der Waals surface area contributed by atoms with Crippen LogP contribution in [0.2, 0.25) is 5.02 Å². The minimum Gasteiger partial charge on any atom is -0.496 e. The zero-order chi connectivity index (χ0) is 30.8. The Labute approximate surface area is 254 Å². The second kappa shape index (κ2) is 12.1. The number of morpholine rings is 1. The Kier molecular flexibility index (Phi) is 7.96. The summed E-state index contributed by atoms with van der Waals surface area (Å²) in [6.07, 6.45) is 1.19. The Hall–Kier alpha value is -5.27. The number of methoxy groups -OCH3 is 1. The quantitative estimate of drug-likeness (QED) is 0.139. The lowest BCUT2D eigenvalue weighted by Gasteiger charge is -2.26. The highest BCUT2D eigenvalue weighted by Crippen LogP contribution is 2.35. The monoisotopic (exact) mass is 617 g/mol. The van der Waals surface area contributed by atoms with Crippen LogP contribution < -0.4 is 15.0 Å². The summed E-state index contributed by atoms with van der Waals surface area (Å²) in [5.74, 6) is 0.272. The highest BCUT2D eigenvalue weighted by molar-refractivity contribution is 6.31. The van der Waals surface area contributed by atoms with Crippen molar-refractivity contribution >= 4 is 51.3 Å². The molecule has 1 aliphatic rings. The minimum absolute atomic E-state index is 0.0265. The average molecular weight is 618 g/mol. The van der Waals surface area contributed by atoms with E-state index in [4.69, 9.17) is 30.2 Å². The normalized spacial score (nSPS) is 13.5. The number of para-hydroxylation sites is 1. The average Bonchev–Trinajstić information content (AvgIpc) is 3.48. The van der Waals surface area contributed by atoms with Gasteiger partial charge in [0.2, 0.25) is 11.6 Å². The zero-order valence-electron chi connectivity index (χ0n) is 23.3. The lowest BCUT2D eigenvalue weighted by Crippen LogP contribution is -2.43. The predicted octanol–water partition coefficient (Wildman–Crippen LogP) is 4.50. The highest BCUT2D eigenvalue weighted by Gasteiger charge is 2.24. The molecule has 44 heavy (non-hydrogen) atoms. The number of nitro benzene ring substituents is 1. The summed E-state index contributed by atoms with van der Waals surface area (Å²) in [5.41, 5.74) is -0.00637. The van der Waals surface area contributed by atoms with E-state index in [2.05, 4.69) is 10.1 Å². The van der Waals surface area contributed by atoms with Gasteiger partial charge in [-0.05, 0) is 36.4 Å². The molecule has 0 aliphatic carbocycles. The fourth-order valence-electron chi connectivity index (χ4n) is 4.86. The van der Waals surface area contributed by atoms with Gasteiger partial charge in [-0.15, -0.1) is 0 Å². The van der Waals surface area contributed by atoms with E-state index in [-0.39, 0.29) is 39.2 Å². The standard InChI is InChI=1S/C30H24ClN5O8/c1-41-24-7-4-8-25-21(24)15-26(44-25)29-33-22-6-3-2-5-20(22)30(38)35(29)32-16-18-13-19(31)14-23(36(39)40)28(18)43-17-27(37)34-9-11-42-12-10-34/h2-8,13-16H,9-12,17H2,1H3. The molecule has 2 aromatic heterocycles. The van der Waals surface area contributed by atoms with Crippen molar-refractivity contribution in [2.24, 2.45) is 5.10 Å². The molecule has 1 amide bonds. The van der Waals surface area contributed by atoms with Gasteiger partial charge in [-0.2, -0.15) is 9.78 Å². The van der Waals surface area contributed by atoms with E-state index in [9.17, 15) is 19.7 Å². The fraction of sp³-hybridized carbons (Fsp3) is 0.200. The smallest absolute Gasteiger partial charge is 0.313 e. The van der Waals surface area contributed by atoms with Crippen LogP contribution in [0, 0.1) is 10.1 Å². The number of benzene rings is 3. The summed E-state index contributed by atoms with van der Waals surface area (Å²) in [7, 11) is 1.54. The van der Waals surface area contributed by atoms with Gasteiger partial charge in [0.1, 0.15) is 11.3 Å². The molecule has 3 aromatic carbocycles. The van der Waals surface area contributed by atoms with Gasteiger partial charge in [0, 0.05) is 29.7 Å². The number of nitro groups is 1. The number of carbonyl (C=O) groups is 1. The van der Waals surface area contributed by atoms with Crippen molar-refractivity contribution in [3.05, 3.63) is 91.7 Å². The van der Waals surface area contributed by atoms with Gasteiger partial charge in [0.25, 0.3) is 11.5 Å². The lowest BCUT2D eigenvalue weighted by atomic mass is 10.2. The summed E-state index contributed by atoms with van der Waals surface area (Å²) >= 11 is 6.22. The third-order valence-corrected chi connectivity index (χ3v) is 7.21. The molecule has 0 spiro atoms. The van der Waals surface area contributed by atoms with E-state index in [1.165, 1.54) is 19.4 Å². The first kappa shape index (κ1) is 28.8. The Morgan fingerprint density at radius 3 is 2.70 bits per heavy atom. The second-order valence-corrected chi connectivity index (χ2v) is 10.1. The van der Waals surface area contributed by atoms with Crippen LogP contribution in [0.15, 0.2) is 75.0 Å². The van der Waals surface area contributed by atoms with E-state index in [1.807, 2.05) is 0 Å². The van der Waals surface area contributed by atoms with Crippen LogP contribution in [-0.2, 0) is 9.53 Å². The predicted molar refractivity (Wildman–Crippen MR) is 162 cm³/mol. The molecular weight excluding hydrogens is 594 g/mol. The molecule has 0 N–H and O–H groups in total. The van der Waals surface area contributed by atoms with Crippen molar-refractivity contribution in [1.82, 2.24) is 14.6 Å². The van der Waals surface area contributed by atoms with Gasteiger partial charge in [0.05, 0.1) is 47.8 Å². The van der Waals surface area contributed by atoms with E-state index in [1.54, 1.807) is 53.4 Å². The maximum atomic E-state index is 13.7. The first-order chi connectivity index (χ1) is 21.3. The van der Waals surface area contributed by atoms with Gasteiger partial charge in [-0.25, -0.2) is 4.98 Å². The van der Waals surface area contributed by atoms with E-state index in [0.717, 1.165) is 10.7 Å². The molecule has 224 valence electrons. The molecule has 3 heterocycles. The van der Waals surface area contributed by atoms with Crippen LogP contribution >= 0.6 is 11.6 Å². The summed E-state index contributed by atoms with van der Waals surface area (Å²) in [6.45, 7) is 1.08. The maximum absolute atomic E-state index is 13.7. The van der Waals surface area contributed by atoms with Gasteiger partial charge >= 0.3 is 5.69 Å². The molecule has 5 aromatic rings. The van der Waals surface area contributed by atoms with Crippen molar-refractivity contribution in [2.75, 3.05) is 40.0 Å². The third-order valence-electron chi connectivity index (χ3n) is 6.99. The Bertz CT molecular complexity index is 2000. The number of nitrogens with zero attached hydrogens (tertiary/aromatic N) is 5. The van der Waals surface area contributed by atoms with Crippen LogP contribution in [-0.4, -0.2) is 71.6 Å². The summed E-state index contributed by atoms with van der Waals surface area (Å²) in [5, 5.41) is 17.3. The Morgan fingerprint density at radius 1 is 1.14 bits per heavy atom. The van der Waals surface area contributed by atoms with Gasteiger partial charge in [0.15, 0.2) is 12.4 Å². The number of hydrogen-bond donors (Lipinski definition) is 0. The van der Waals surface area contributed by atoms with Crippen LogP contribution in [0.25, 0.3) is 33.5 Å². The van der Waals surface area contributed by atoms with Crippen molar-refractivity contribution in [3.63, 3.8) is 0 Å². The molecule has 1 fully saturated rings. The number of furan rings is 1. The van der Waals surface area contributed by atoms with Crippen molar-refractivity contribution < 1.29 is 28.3 Å². The van der Waals surface area contributed by atoms with E-state index in [0.29, 0.717) is 48.5 Å². The Balaban J connectivity index is 1.46. The third kappa shape index (κ3) is 5.57. The lowest BCUT2D eigenvalue weighted by molar-refractivity contribution is -0.385. The van der Waals surface area contributed by atoms with Crippen LogP contribution in [0.4, 0.5) is 5.69 Å². The number of amides is 1. The number of carbonyl (C=O) groups excluding carboxylic acids is 1. The molecule has 1 saturated heterocycles. The number of aromatic nitrogens is 2.